The summed E-state index contributed by atoms with van der Waals surface area (Å²) in [5.41, 5.74) is 0.956. The molecule has 2 atom stereocenters. The summed E-state index contributed by atoms with van der Waals surface area (Å²) in [5.74, 6) is -0.369. The lowest BCUT2D eigenvalue weighted by molar-refractivity contribution is -0.154. The molecule has 2 heterocycles. The third-order valence-electron chi connectivity index (χ3n) is 7.71. The Balaban J connectivity index is 1.37. The van der Waals surface area contributed by atoms with Crippen LogP contribution in [-0.4, -0.2) is 62.4 Å². The van der Waals surface area contributed by atoms with Crippen molar-refractivity contribution in [2.75, 3.05) is 25.4 Å². The number of hydrogen-bond acceptors (Lipinski definition) is 8. The average Bonchev–Trinajstić information content (AvgIpc) is 3.71. The number of likely N-dealkylation sites (tertiary alicyclic amines) is 1. The first-order valence-corrected chi connectivity index (χ1v) is 16.7. The average molecular weight is 670 g/mol. The van der Waals surface area contributed by atoms with Crippen LogP contribution < -0.4 is 9.47 Å². The molecule has 1 saturated carbocycles. The van der Waals surface area contributed by atoms with Crippen LogP contribution in [0.4, 0.5) is 8.78 Å². The Labute approximate surface area is 265 Å². The monoisotopic (exact) mass is 668 g/mol. The highest BCUT2D eigenvalue weighted by atomic mass is 35.5. The summed E-state index contributed by atoms with van der Waals surface area (Å²) in [6.45, 7) is -2.01. The van der Waals surface area contributed by atoms with Crippen LogP contribution in [0, 0.1) is 5.92 Å². The van der Waals surface area contributed by atoms with Gasteiger partial charge in [-0.15, -0.1) is 0 Å². The third-order valence-corrected chi connectivity index (χ3v) is 10.1. The Hall–Kier alpha value is -2.99. The number of aromatic nitrogens is 1. The van der Waals surface area contributed by atoms with Gasteiger partial charge >= 0.3 is 12.6 Å². The predicted octanol–water partition coefficient (Wildman–Crippen LogP) is 6.54. The van der Waals surface area contributed by atoms with E-state index < -0.39 is 34.6 Å². The van der Waals surface area contributed by atoms with Gasteiger partial charge < -0.3 is 14.2 Å². The second kappa shape index (κ2) is 14.4. The maximum absolute atomic E-state index is 13.7. The molecule has 0 amide bonds. The number of pyridine rings is 1. The molecule has 2 aromatic carbocycles. The van der Waals surface area contributed by atoms with Gasteiger partial charge in [-0.1, -0.05) is 47.5 Å². The molecule has 0 bridgehead atoms. The smallest absolute Gasteiger partial charge is 0.387 e. The summed E-state index contributed by atoms with van der Waals surface area (Å²) in [4.78, 5) is 19.7. The van der Waals surface area contributed by atoms with Crippen molar-refractivity contribution in [2.24, 2.45) is 5.92 Å². The number of carbonyl (C=O) groups is 1. The number of benzene rings is 2. The van der Waals surface area contributed by atoms with Crippen molar-refractivity contribution >= 4 is 39.0 Å². The van der Waals surface area contributed by atoms with Crippen molar-refractivity contribution in [3.05, 3.63) is 82.1 Å². The van der Waals surface area contributed by atoms with Gasteiger partial charge in [-0.25, -0.2) is 8.42 Å². The Morgan fingerprint density at radius 1 is 1.02 bits per heavy atom. The second-order valence-electron chi connectivity index (χ2n) is 10.9. The molecule has 2 fully saturated rings. The van der Waals surface area contributed by atoms with Crippen LogP contribution in [0.2, 0.25) is 10.0 Å². The molecule has 1 unspecified atom stereocenters. The minimum atomic E-state index is -3.55. The Bertz CT molecular complexity index is 1540. The molecule has 5 rings (SSSR count). The molecule has 3 aromatic rings. The fourth-order valence-electron chi connectivity index (χ4n) is 5.13. The fraction of sp³-hybridized carbons (Fsp3) is 0.419. The van der Waals surface area contributed by atoms with Crippen LogP contribution in [-0.2, 0) is 25.8 Å². The molecular weight excluding hydrogens is 637 g/mol. The number of alkyl halides is 2. The van der Waals surface area contributed by atoms with E-state index in [0.717, 1.165) is 12.8 Å². The van der Waals surface area contributed by atoms with E-state index in [2.05, 4.69) is 9.72 Å². The quantitative estimate of drug-likeness (QED) is 0.179. The van der Waals surface area contributed by atoms with E-state index >= 15 is 0 Å². The van der Waals surface area contributed by atoms with Crippen molar-refractivity contribution in [2.45, 2.75) is 55.8 Å². The van der Waals surface area contributed by atoms with E-state index in [1.807, 2.05) is 4.90 Å². The zero-order valence-electron chi connectivity index (χ0n) is 23.7. The van der Waals surface area contributed by atoms with Crippen LogP contribution in [0.3, 0.4) is 0 Å². The summed E-state index contributed by atoms with van der Waals surface area (Å²) in [6.07, 6.45) is 5.16. The van der Waals surface area contributed by atoms with Gasteiger partial charge in [-0.3, -0.25) is 14.7 Å². The third kappa shape index (κ3) is 8.38. The Morgan fingerprint density at radius 3 is 2.43 bits per heavy atom. The summed E-state index contributed by atoms with van der Waals surface area (Å²) >= 11 is 12.8. The molecule has 1 aliphatic carbocycles. The van der Waals surface area contributed by atoms with Crippen molar-refractivity contribution < 1.29 is 36.2 Å². The van der Waals surface area contributed by atoms with Crippen LogP contribution in [0.5, 0.6) is 11.5 Å². The number of hydrogen-bond donors (Lipinski definition) is 0. The summed E-state index contributed by atoms with van der Waals surface area (Å²) in [6, 6.07) is 11.9. The first-order chi connectivity index (χ1) is 21.1. The van der Waals surface area contributed by atoms with E-state index in [4.69, 9.17) is 32.7 Å². The molecule has 1 saturated heterocycles. The van der Waals surface area contributed by atoms with Crippen molar-refractivity contribution in [3.8, 4) is 11.5 Å². The molecule has 1 aromatic heterocycles. The molecule has 1 aliphatic heterocycles. The van der Waals surface area contributed by atoms with Gasteiger partial charge in [0.05, 0.1) is 27.3 Å². The number of nitrogens with zero attached hydrogens (tertiary/aromatic N) is 2. The summed E-state index contributed by atoms with van der Waals surface area (Å²) < 4.78 is 68.6. The van der Waals surface area contributed by atoms with Gasteiger partial charge in [-0.05, 0) is 73.5 Å². The minimum Gasteiger partial charge on any atom is -0.489 e. The SMILES string of the molecule is O=C(OC(Cc1c(Cl)cncc1Cl)c1ccc(OC(F)F)c(OCC2CC2)c1)[C@@H]1CCCN1CCS(=O)(=O)c1ccccc1. The molecular formula is C31H32Cl2F2N2O6S. The predicted molar refractivity (Wildman–Crippen MR) is 161 cm³/mol. The number of esters is 1. The number of sulfone groups is 1. The number of rotatable bonds is 14. The summed E-state index contributed by atoms with van der Waals surface area (Å²) in [7, 11) is -3.55. The maximum atomic E-state index is 13.7. The van der Waals surface area contributed by atoms with Crippen LogP contribution in [0.15, 0.2) is 65.8 Å². The van der Waals surface area contributed by atoms with Crippen LogP contribution >= 0.6 is 23.2 Å². The lowest BCUT2D eigenvalue weighted by Crippen LogP contribution is -2.40. The van der Waals surface area contributed by atoms with Gasteiger partial charge in [0.15, 0.2) is 21.3 Å². The van der Waals surface area contributed by atoms with E-state index in [-0.39, 0.29) is 45.2 Å². The highest BCUT2D eigenvalue weighted by molar-refractivity contribution is 7.91. The lowest BCUT2D eigenvalue weighted by Gasteiger charge is -2.26. The van der Waals surface area contributed by atoms with Gasteiger partial charge in [0, 0.05) is 25.4 Å². The molecule has 13 heteroatoms. The zero-order valence-corrected chi connectivity index (χ0v) is 26.0. The van der Waals surface area contributed by atoms with Crippen molar-refractivity contribution in [1.82, 2.24) is 9.88 Å². The van der Waals surface area contributed by atoms with Crippen molar-refractivity contribution in [3.63, 3.8) is 0 Å². The normalized spacial score (nSPS) is 17.9. The first-order valence-electron chi connectivity index (χ1n) is 14.3. The fourth-order valence-corrected chi connectivity index (χ4v) is 6.93. The number of ether oxygens (including phenoxy) is 3. The van der Waals surface area contributed by atoms with Gasteiger partial charge in [0.25, 0.3) is 0 Å². The Kier molecular flexibility index (Phi) is 10.6. The van der Waals surface area contributed by atoms with E-state index in [0.29, 0.717) is 43.0 Å². The van der Waals surface area contributed by atoms with E-state index in [9.17, 15) is 22.0 Å². The molecule has 44 heavy (non-hydrogen) atoms. The van der Waals surface area contributed by atoms with E-state index in [1.165, 1.54) is 30.6 Å². The molecule has 8 nitrogen and oxygen atoms in total. The Morgan fingerprint density at radius 2 is 1.75 bits per heavy atom. The second-order valence-corrected chi connectivity index (χ2v) is 13.8. The largest absolute Gasteiger partial charge is 0.489 e. The van der Waals surface area contributed by atoms with Gasteiger partial charge in [0.2, 0.25) is 0 Å². The zero-order chi connectivity index (χ0) is 31.3. The number of carbonyl (C=O) groups excluding carboxylic acids is 1. The van der Waals surface area contributed by atoms with Crippen molar-refractivity contribution in [1.29, 1.82) is 0 Å². The van der Waals surface area contributed by atoms with E-state index in [1.54, 1.807) is 30.3 Å². The molecule has 0 radical (unpaired) electrons. The standard InChI is InChI=1S/C31H32Cl2F2N2O6S/c32-24-17-36-18-25(33)23(24)16-28(21-10-11-27(43-31(34)35)29(15-21)41-19-20-8-9-20)42-30(38)26-7-4-12-37(26)13-14-44(39,40)22-5-2-1-3-6-22/h1-3,5-6,10-11,15,17-18,20,26,28,31H,4,7-9,12-14,16,19H2/t26-,28?/m0/s1. The van der Waals surface area contributed by atoms with Crippen LogP contribution in [0.1, 0.15) is 42.9 Å². The minimum absolute atomic E-state index is 0.0676. The molecule has 0 spiro atoms. The van der Waals surface area contributed by atoms with Gasteiger partial charge in [-0.2, -0.15) is 8.78 Å². The topological polar surface area (TPSA) is 95.0 Å². The van der Waals surface area contributed by atoms with Crippen LogP contribution in [0.25, 0.3) is 0 Å². The maximum Gasteiger partial charge on any atom is 0.387 e. The summed E-state index contributed by atoms with van der Waals surface area (Å²) in [5, 5.41) is 0.546. The lowest BCUT2D eigenvalue weighted by atomic mass is 10.0. The van der Waals surface area contributed by atoms with Gasteiger partial charge in [0.1, 0.15) is 12.1 Å². The first kappa shape index (κ1) is 32.4. The highest BCUT2D eigenvalue weighted by Gasteiger charge is 2.35. The molecule has 2 aliphatic rings. The highest BCUT2D eigenvalue weighted by Crippen LogP contribution is 2.38. The molecule has 236 valence electrons. The molecule has 0 N–H and O–H groups in total. The number of halogens is 4.